The predicted octanol–water partition coefficient (Wildman–Crippen LogP) is 1.98. The van der Waals surface area contributed by atoms with E-state index < -0.39 is 0 Å². The number of nitrogens with one attached hydrogen (secondary N) is 3. The van der Waals surface area contributed by atoms with Crippen LogP contribution in [0.1, 0.15) is 11.1 Å². The number of ether oxygens (including phenoxy) is 2. The summed E-state index contributed by atoms with van der Waals surface area (Å²) in [5.74, 6) is 0.771. The monoisotopic (exact) mass is 461 g/mol. The molecule has 0 unspecified atom stereocenters. The van der Waals surface area contributed by atoms with Crippen LogP contribution in [0.4, 0.5) is 0 Å². The molecular weight excluding hydrogens is 430 g/mol. The topological polar surface area (TPSA) is 88.7 Å². The molecule has 1 fully saturated rings. The second kappa shape index (κ2) is 12.9. The summed E-state index contributed by atoms with van der Waals surface area (Å²) in [6, 6.07) is 15.6. The van der Waals surface area contributed by atoms with Gasteiger partial charge in [-0.25, -0.2) is 0 Å². The van der Waals surface area contributed by atoms with Crippen molar-refractivity contribution in [1.82, 2.24) is 16.0 Å². The Kier molecular flexibility index (Phi) is 10.3. The molecule has 8 heteroatoms. The van der Waals surface area contributed by atoms with Gasteiger partial charge < -0.3 is 25.4 Å². The van der Waals surface area contributed by atoms with Crippen LogP contribution in [-0.2, 0) is 22.4 Å². The van der Waals surface area contributed by atoms with Crippen LogP contribution in [0.15, 0.2) is 48.5 Å². The van der Waals surface area contributed by atoms with Crippen LogP contribution in [0.3, 0.4) is 0 Å². The van der Waals surface area contributed by atoms with Crippen LogP contribution in [0.25, 0.3) is 0 Å². The van der Waals surface area contributed by atoms with Crippen LogP contribution >= 0.6 is 12.4 Å². The number of carbonyl (C=O) groups excluding carboxylic acids is 2. The first-order chi connectivity index (χ1) is 15.1. The van der Waals surface area contributed by atoms with Gasteiger partial charge in [-0.15, -0.1) is 12.4 Å². The Bertz CT molecular complexity index is 787. The van der Waals surface area contributed by atoms with E-state index in [9.17, 15) is 9.59 Å². The van der Waals surface area contributed by atoms with Crippen LogP contribution < -0.4 is 25.4 Å². The summed E-state index contributed by atoms with van der Waals surface area (Å²) in [5.41, 5.74) is 2.25. The molecule has 1 saturated heterocycles. The second-order valence-corrected chi connectivity index (χ2v) is 7.65. The average Bonchev–Trinajstić information content (AvgIpc) is 3.30. The van der Waals surface area contributed by atoms with Gasteiger partial charge in [0.2, 0.25) is 11.8 Å². The van der Waals surface area contributed by atoms with Gasteiger partial charge in [-0.1, -0.05) is 24.3 Å². The van der Waals surface area contributed by atoms with Crippen molar-refractivity contribution in [3.63, 3.8) is 0 Å². The smallest absolute Gasteiger partial charge is 0.225 e. The third-order valence-corrected chi connectivity index (χ3v) is 5.63. The number of rotatable bonds is 10. The summed E-state index contributed by atoms with van der Waals surface area (Å²) in [6.07, 6.45) is 1.46. The highest BCUT2D eigenvalue weighted by Crippen LogP contribution is 2.18. The standard InChI is InChI=1S/C24H31N3O4.ClH/c1-30-19-7-3-17(4-8-19)11-13-26-23(28)21-15-25-16-22(21)24(29)27-14-12-18-5-9-20(31-2)10-6-18;/h3-10,21-22,25H,11-16H2,1-2H3,(H,26,28)(H,27,29);1H/t21-,22-;/m1./s1. The molecule has 2 atom stereocenters. The SMILES string of the molecule is COc1ccc(CCNC(=O)[C@@H]2CNC[C@H]2C(=O)NCCc2ccc(OC)cc2)cc1.Cl. The first-order valence-corrected chi connectivity index (χ1v) is 10.6. The van der Waals surface area contributed by atoms with E-state index in [0.717, 1.165) is 35.5 Å². The molecule has 3 N–H and O–H groups in total. The lowest BCUT2D eigenvalue weighted by molar-refractivity contribution is -0.132. The maximum absolute atomic E-state index is 12.6. The van der Waals surface area contributed by atoms with Crippen LogP contribution in [0.2, 0.25) is 0 Å². The number of hydrogen-bond donors (Lipinski definition) is 3. The summed E-state index contributed by atoms with van der Waals surface area (Å²) < 4.78 is 10.3. The normalized spacial score (nSPS) is 17.2. The van der Waals surface area contributed by atoms with Crippen LogP contribution in [0, 0.1) is 11.8 Å². The highest BCUT2D eigenvalue weighted by atomic mass is 35.5. The molecule has 174 valence electrons. The average molecular weight is 462 g/mol. The predicted molar refractivity (Wildman–Crippen MR) is 127 cm³/mol. The number of benzene rings is 2. The molecule has 7 nitrogen and oxygen atoms in total. The van der Waals surface area contributed by atoms with E-state index in [2.05, 4.69) is 16.0 Å². The Morgan fingerprint density at radius 3 is 1.50 bits per heavy atom. The molecule has 2 aromatic carbocycles. The molecule has 2 amide bonds. The summed E-state index contributed by atoms with van der Waals surface area (Å²) in [5, 5.41) is 9.13. The molecule has 0 bridgehead atoms. The van der Waals surface area contributed by atoms with E-state index in [1.165, 1.54) is 0 Å². The minimum atomic E-state index is -0.350. The van der Waals surface area contributed by atoms with Crippen molar-refractivity contribution in [2.45, 2.75) is 12.8 Å². The second-order valence-electron chi connectivity index (χ2n) is 7.65. The van der Waals surface area contributed by atoms with Gasteiger partial charge in [0.1, 0.15) is 11.5 Å². The lowest BCUT2D eigenvalue weighted by atomic mass is 9.94. The minimum Gasteiger partial charge on any atom is -0.497 e. The van der Waals surface area contributed by atoms with Crippen molar-refractivity contribution in [3.8, 4) is 11.5 Å². The van der Waals surface area contributed by atoms with Crippen molar-refractivity contribution in [2.24, 2.45) is 11.8 Å². The van der Waals surface area contributed by atoms with Crippen molar-refractivity contribution in [1.29, 1.82) is 0 Å². The number of carbonyl (C=O) groups is 2. The Balaban J connectivity index is 0.00000363. The van der Waals surface area contributed by atoms with Gasteiger partial charge >= 0.3 is 0 Å². The third kappa shape index (κ3) is 7.14. The fraction of sp³-hybridized carbons (Fsp3) is 0.417. The maximum Gasteiger partial charge on any atom is 0.225 e. The number of halogens is 1. The van der Waals surface area contributed by atoms with Crippen molar-refractivity contribution in [3.05, 3.63) is 59.7 Å². The zero-order chi connectivity index (χ0) is 22.1. The number of hydrogen-bond acceptors (Lipinski definition) is 5. The van der Waals surface area contributed by atoms with Gasteiger partial charge in [-0.3, -0.25) is 9.59 Å². The molecule has 0 aromatic heterocycles. The lowest BCUT2D eigenvalue weighted by Crippen LogP contribution is -2.42. The molecule has 1 heterocycles. The van der Waals surface area contributed by atoms with Crippen molar-refractivity contribution >= 4 is 24.2 Å². The first kappa shape index (κ1) is 25.5. The van der Waals surface area contributed by atoms with Gasteiger partial charge in [0, 0.05) is 26.2 Å². The lowest BCUT2D eigenvalue weighted by Gasteiger charge is -2.18. The first-order valence-electron chi connectivity index (χ1n) is 10.6. The molecule has 0 radical (unpaired) electrons. The summed E-state index contributed by atoms with van der Waals surface area (Å²) in [4.78, 5) is 25.3. The number of amides is 2. The minimum absolute atomic E-state index is 0. The van der Waals surface area contributed by atoms with Gasteiger partial charge in [-0.05, 0) is 48.2 Å². The summed E-state index contributed by atoms with van der Waals surface area (Å²) in [6.45, 7) is 2.11. The molecule has 2 aromatic rings. The van der Waals surface area contributed by atoms with Crippen molar-refractivity contribution < 1.29 is 19.1 Å². The van der Waals surface area contributed by atoms with Gasteiger partial charge in [0.05, 0.1) is 26.1 Å². The molecule has 1 aliphatic rings. The Hall–Kier alpha value is -2.77. The van der Waals surface area contributed by atoms with E-state index in [1.54, 1.807) is 14.2 Å². The summed E-state index contributed by atoms with van der Waals surface area (Å²) in [7, 11) is 3.27. The Labute approximate surface area is 195 Å². The van der Waals surface area contributed by atoms with Crippen molar-refractivity contribution in [2.75, 3.05) is 40.4 Å². The van der Waals surface area contributed by atoms with Gasteiger partial charge in [-0.2, -0.15) is 0 Å². The fourth-order valence-corrected chi connectivity index (χ4v) is 3.74. The van der Waals surface area contributed by atoms with Gasteiger partial charge in [0.15, 0.2) is 0 Å². The summed E-state index contributed by atoms with van der Waals surface area (Å²) >= 11 is 0. The van der Waals surface area contributed by atoms with Crippen LogP contribution in [0.5, 0.6) is 11.5 Å². The van der Waals surface area contributed by atoms with E-state index in [1.807, 2.05) is 48.5 Å². The van der Waals surface area contributed by atoms with Crippen LogP contribution in [-0.4, -0.2) is 52.2 Å². The largest absolute Gasteiger partial charge is 0.497 e. The van der Waals surface area contributed by atoms with Gasteiger partial charge in [0.25, 0.3) is 0 Å². The molecule has 0 saturated carbocycles. The molecule has 3 rings (SSSR count). The highest BCUT2D eigenvalue weighted by molar-refractivity contribution is 5.88. The zero-order valence-corrected chi connectivity index (χ0v) is 19.4. The Morgan fingerprint density at radius 1 is 0.781 bits per heavy atom. The molecular formula is C24H32ClN3O4. The molecule has 1 aliphatic heterocycles. The Morgan fingerprint density at radius 2 is 1.16 bits per heavy atom. The van der Waals surface area contributed by atoms with E-state index in [0.29, 0.717) is 26.2 Å². The third-order valence-electron chi connectivity index (χ3n) is 5.63. The van der Waals surface area contributed by atoms with E-state index >= 15 is 0 Å². The zero-order valence-electron chi connectivity index (χ0n) is 18.6. The quantitative estimate of drug-likeness (QED) is 0.503. The number of methoxy groups -OCH3 is 2. The molecule has 0 spiro atoms. The van der Waals surface area contributed by atoms with E-state index in [-0.39, 0.29) is 36.1 Å². The van der Waals surface area contributed by atoms with E-state index in [4.69, 9.17) is 9.47 Å². The molecule has 32 heavy (non-hydrogen) atoms. The highest BCUT2D eigenvalue weighted by Gasteiger charge is 2.37. The molecule has 0 aliphatic carbocycles. The maximum atomic E-state index is 12.6. The fourth-order valence-electron chi connectivity index (χ4n) is 3.74.